The fourth-order valence-electron chi connectivity index (χ4n) is 1.11. The summed E-state index contributed by atoms with van der Waals surface area (Å²) in [5.74, 6) is -0.831. The Bertz CT molecular complexity index is 164. The molecule has 1 N–H and O–H groups in total. The highest BCUT2D eigenvalue weighted by atomic mass is 35.5. The normalized spacial score (nSPS) is 10.8. The Morgan fingerprint density at radius 2 is 1.92 bits per heavy atom. The third kappa shape index (κ3) is 11.5. The predicted molar refractivity (Wildman–Crippen MR) is 57.4 cm³/mol. The van der Waals surface area contributed by atoms with Gasteiger partial charge in [-0.25, -0.2) is 4.79 Å². The van der Waals surface area contributed by atoms with Gasteiger partial charge in [0.2, 0.25) is 0 Å². The van der Waals surface area contributed by atoms with Crippen molar-refractivity contribution in [1.82, 2.24) is 0 Å². The van der Waals surface area contributed by atoms with E-state index in [2.05, 4.69) is 6.92 Å². The maximum Gasteiger partial charge on any atom is 0.328 e. The van der Waals surface area contributed by atoms with Crippen LogP contribution in [0.25, 0.3) is 0 Å². The van der Waals surface area contributed by atoms with Crippen LogP contribution < -0.4 is 0 Å². The average Bonchev–Trinajstić information content (AvgIpc) is 1.97. The van der Waals surface area contributed by atoms with Gasteiger partial charge < -0.3 is 5.11 Å². The summed E-state index contributed by atoms with van der Waals surface area (Å²) in [5, 5.41) is 8.41. The van der Waals surface area contributed by atoms with Crippen LogP contribution in [-0.2, 0) is 4.79 Å². The molecule has 0 aliphatic heterocycles. The van der Waals surface area contributed by atoms with E-state index in [-0.39, 0.29) is 12.4 Å². The molecule has 13 heavy (non-hydrogen) atoms. The van der Waals surface area contributed by atoms with E-state index in [9.17, 15) is 4.79 Å². The van der Waals surface area contributed by atoms with Gasteiger partial charge in [-0.15, -0.1) is 12.4 Å². The number of carbonyl (C=O) groups is 1. The van der Waals surface area contributed by atoms with Gasteiger partial charge in [0.1, 0.15) is 0 Å². The predicted octanol–water partition coefficient (Wildman–Crippen LogP) is 3.41. The van der Waals surface area contributed by atoms with Crippen LogP contribution in [0.2, 0.25) is 0 Å². The van der Waals surface area contributed by atoms with Crippen LogP contribution in [0.3, 0.4) is 0 Å². The first-order valence-corrected chi connectivity index (χ1v) is 4.57. The van der Waals surface area contributed by atoms with Gasteiger partial charge in [0, 0.05) is 6.08 Å². The average molecular weight is 207 g/mol. The smallest absolute Gasteiger partial charge is 0.328 e. The Balaban J connectivity index is 0. The molecule has 0 heterocycles. The highest BCUT2D eigenvalue weighted by Crippen LogP contribution is 2.08. The van der Waals surface area contributed by atoms with Crippen molar-refractivity contribution in [2.24, 2.45) is 0 Å². The van der Waals surface area contributed by atoms with Gasteiger partial charge in [0.05, 0.1) is 0 Å². The second-order valence-corrected chi connectivity index (χ2v) is 3.14. The molecule has 0 bridgehead atoms. The zero-order valence-corrected chi connectivity index (χ0v) is 9.19. The molecule has 0 saturated heterocycles. The van der Waals surface area contributed by atoms with E-state index in [0.717, 1.165) is 18.4 Å². The Labute approximate surface area is 86.4 Å². The van der Waals surface area contributed by atoms with Crippen molar-refractivity contribution in [3.63, 3.8) is 0 Å². The summed E-state index contributed by atoms with van der Waals surface area (Å²) < 4.78 is 0. The van der Waals surface area contributed by atoms with Crippen molar-refractivity contribution in [2.75, 3.05) is 0 Å². The lowest BCUT2D eigenvalue weighted by atomic mass is 10.1. The van der Waals surface area contributed by atoms with E-state index in [1.54, 1.807) is 0 Å². The van der Waals surface area contributed by atoms with Crippen LogP contribution in [0, 0.1) is 0 Å². The molecule has 78 valence electrons. The van der Waals surface area contributed by atoms with Gasteiger partial charge >= 0.3 is 5.97 Å². The molecule has 0 aliphatic rings. The van der Waals surface area contributed by atoms with Crippen LogP contribution in [0.5, 0.6) is 0 Å². The number of hydrogen-bond acceptors (Lipinski definition) is 1. The minimum atomic E-state index is -0.831. The highest BCUT2D eigenvalue weighted by molar-refractivity contribution is 5.85. The molecule has 0 aromatic heterocycles. The molecule has 0 aromatic carbocycles. The molecular weight excluding hydrogens is 188 g/mol. The van der Waals surface area contributed by atoms with Crippen molar-refractivity contribution >= 4 is 18.4 Å². The van der Waals surface area contributed by atoms with Crippen LogP contribution >= 0.6 is 12.4 Å². The number of rotatable bonds is 6. The van der Waals surface area contributed by atoms with Gasteiger partial charge in [0.25, 0.3) is 0 Å². The summed E-state index contributed by atoms with van der Waals surface area (Å²) in [5.41, 5.74) is 0.971. The van der Waals surface area contributed by atoms with E-state index < -0.39 is 5.97 Å². The van der Waals surface area contributed by atoms with E-state index in [1.165, 1.54) is 25.3 Å². The summed E-state index contributed by atoms with van der Waals surface area (Å²) in [6.07, 6.45) is 7.02. The number of hydrogen-bond donors (Lipinski definition) is 1. The highest BCUT2D eigenvalue weighted by Gasteiger charge is 1.94. The fourth-order valence-corrected chi connectivity index (χ4v) is 1.11. The fraction of sp³-hybridized carbons (Fsp3) is 0.700. The quantitative estimate of drug-likeness (QED) is 0.534. The standard InChI is InChI=1S/C10H18O2.ClH/c1-3-4-5-6-7-9(2)8-10(11)12;/h8H,3-7H2,1-2H3,(H,11,12);1H. The van der Waals surface area contributed by atoms with E-state index >= 15 is 0 Å². The zero-order chi connectivity index (χ0) is 9.40. The van der Waals surface area contributed by atoms with Gasteiger partial charge in [-0.1, -0.05) is 31.8 Å². The summed E-state index contributed by atoms with van der Waals surface area (Å²) in [6, 6.07) is 0. The Hall–Kier alpha value is -0.500. The Kier molecular flexibility index (Phi) is 11.1. The Morgan fingerprint density at radius 3 is 2.38 bits per heavy atom. The lowest BCUT2D eigenvalue weighted by molar-refractivity contribution is -0.131. The molecule has 0 aliphatic carbocycles. The van der Waals surface area contributed by atoms with Crippen molar-refractivity contribution in [2.45, 2.75) is 46.0 Å². The third-order valence-electron chi connectivity index (χ3n) is 1.79. The molecule has 0 rings (SSSR count). The van der Waals surface area contributed by atoms with Gasteiger partial charge in [-0.3, -0.25) is 0 Å². The number of allylic oxidation sites excluding steroid dienone is 1. The topological polar surface area (TPSA) is 37.3 Å². The SMILES string of the molecule is CCCCCCC(C)=CC(=O)O.Cl. The molecule has 0 atom stereocenters. The van der Waals surface area contributed by atoms with Crippen molar-refractivity contribution in [3.05, 3.63) is 11.6 Å². The molecule has 0 unspecified atom stereocenters. The monoisotopic (exact) mass is 206 g/mol. The van der Waals surface area contributed by atoms with Gasteiger partial charge in [-0.05, 0) is 19.8 Å². The third-order valence-corrected chi connectivity index (χ3v) is 1.79. The first-order valence-electron chi connectivity index (χ1n) is 4.57. The first kappa shape index (κ1) is 15.0. The maximum absolute atomic E-state index is 10.2. The van der Waals surface area contributed by atoms with E-state index in [1.807, 2.05) is 6.92 Å². The summed E-state index contributed by atoms with van der Waals surface area (Å²) >= 11 is 0. The van der Waals surface area contributed by atoms with Crippen LogP contribution in [0.4, 0.5) is 0 Å². The minimum absolute atomic E-state index is 0. The molecule has 0 aromatic rings. The van der Waals surface area contributed by atoms with Crippen LogP contribution in [0.15, 0.2) is 11.6 Å². The molecule has 0 fully saturated rings. The number of carboxylic acids is 1. The number of unbranched alkanes of at least 4 members (excludes halogenated alkanes) is 3. The summed E-state index contributed by atoms with van der Waals surface area (Å²) in [4.78, 5) is 10.2. The zero-order valence-electron chi connectivity index (χ0n) is 8.38. The number of halogens is 1. The first-order chi connectivity index (χ1) is 5.66. The summed E-state index contributed by atoms with van der Waals surface area (Å²) in [7, 11) is 0. The molecule has 0 radical (unpaired) electrons. The number of carboxylic acid groups (broad SMARTS) is 1. The van der Waals surface area contributed by atoms with Gasteiger partial charge in [0.15, 0.2) is 0 Å². The molecule has 0 saturated carbocycles. The largest absolute Gasteiger partial charge is 0.478 e. The van der Waals surface area contributed by atoms with Crippen LogP contribution in [0.1, 0.15) is 46.0 Å². The number of aliphatic carboxylic acids is 1. The van der Waals surface area contributed by atoms with E-state index in [0.29, 0.717) is 0 Å². The van der Waals surface area contributed by atoms with Gasteiger partial charge in [-0.2, -0.15) is 0 Å². The molecule has 2 nitrogen and oxygen atoms in total. The lowest BCUT2D eigenvalue weighted by Crippen LogP contribution is -1.90. The molecular formula is C10H19ClO2. The second-order valence-electron chi connectivity index (χ2n) is 3.14. The second kappa shape index (κ2) is 9.59. The van der Waals surface area contributed by atoms with Crippen LogP contribution in [-0.4, -0.2) is 11.1 Å². The minimum Gasteiger partial charge on any atom is -0.478 e. The van der Waals surface area contributed by atoms with Crippen molar-refractivity contribution in [1.29, 1.82) is 0 Å². The van der Waals surface area contributed by atoms with Crippen molar-refractivity contribution in [3.8, 4) is 0 Å². The molecule has 3 heteroatoms. The molecule has 0 amide bonds. The summed E-state index contributed by atoms with van der Waals surface area (Å²) in [6.45, 7) is 4.04. The lowest BCUT2D eigenvalue weighted by Gasteiger charge is -1.98. The van der Waals surface area contributed by atoms with E-state index in [4.69, 9.17) is 5.11 Å². The Morgan fingerprint density at radius 1 is 1.31 bits per heavy atom. The van der Waals surface area contributed by atoms with Crippen molar-refractivity contribution < 1.29 is 9.90 Å². The maximum atomic E-state index is 10.2. The molecule has 0 spiro atoms.